The first-order valence-corrected chi connectivity index (χ1v) is 5.20. The Morgan fingerprint density at radius 3 is 2.38 bits per heavy atom. The van der Waals surface area contributed by atoms with Crippen LogP contribution in [0.5, 0.6) is 0 Å². The van der Waals surface area contributed by atoms with Crippen LogP contribution in [0.15, 0.2) is 12.3 Å². The van der Waals surface area contributed by atoms with Gasteiger partial charge in [0.1, 0.15) is 0 Å². The summed E-state index contributed by atoms with van der Waals surface area (Å²) in [5, 5.41) is 7.19. The van der Waals surface area contributed by atoms with E-state index in [0.717, 1.165) is 11.1 Å². The van der Waals surface area contributed by atoms with Crippen LogP contribution in [0, 0.1) is 13.8 Å². The summed E-state index contributed by atoms with van der Waals surface area (Å²) in [6.45, 7) is 7.75. The van der Waals surface area contributed by atoms with Crippen molar-refractivity contribution in [1.82, 2.24) is 14.6 Å². The smallest absolute Gasteiger partial charge is 0.281 e. The molecule has 0 N–H and O–H groups in total. The third-order valence-corrected chi connectivity index (χ3v) is 2.32. The number of aromatic nitrogens is 3. The maximum absolute atomic E-state index is 12.4. The number of fused-ring (bicyclic) bond motifs is 1. The standard InChI is InChI=1S/C9H9F2N3.C2H6/c1-5-3-4-14-8(6(5)2)12-13-9(14)7(10)11;1-2/h3-4,7H,1-2H3;1-2H3. The molecule has 0 aromatic carbocycles. The zero-order valence-corrected chi connectivity index (χ0v) is 9.83. The molecule has 0 fully saturated rings. The van der Waals surface area contributed by atoms with Gasteiger partial charge in [-0.2, -0.15) is 0 Å². The second-order valence-electron chi connectivity index (χ2n) is 3.18. The van der Waals surface area contributed by atoms with Crippen molar-refractivity contribution < 1.29 is 8.78 Å². The second-order valence-corrected chi connectivity index (χ2v) is 3.18. The van der Waals surface area contributed by atoms with E-state index in [1.165, 1.54) is 4.40 Å². The Balaban J connectivity index is 0.000000606. The normalized spacial score (nSPS) is 10.4. The molecule has 0 radical (unpaired) electrons. The van der Waals surface area contributed by atoms with Crippen molar-refractivity contribution in [1.29, 1.82) is 0 Å². The molecule has 0 saturated carbocycles. The first-order chi connectivity index (χ1) is 7.61. The molecule has 3 nitrogen and oxygen atoms in total. The van der Waals surface area contributed by atoms with Gasteiger partial charge in [-0.25, -0.2) is 8.78 Å². The second kappa shape index (κ2) is 5.01. The largest absolute Gasteiger partial charge is 0.297 e. The topological polar surface area (TPSA) is 30.2 Å². The van der Waals surface area contributed by atoms with Crippen LogP contribution in [-0.4, -0.2) is 14.6 Å². The van der Waals surface area contributed by atoms with Crippen LogP contribution in [-0.2, 0) is 0 Å². The number of alkyl halides is 2. The van der Waals surface area contributed by atoms with Gasteiger partial charge in [0, 0.05) is 6.20 Å². The molecule has 2 aromatic rings. The molecule has 5 heteroatoms. The van der Waals surface area contributed by atoms with Gasteiger partial charge in [-0.1, -0.05) is 13.8 Å². The first-order valence-electron chi connectivity index (χ1n) is 5.20. The van der Waals surface area contributed by atoms with Crippen molar-refractivity contribution >= 4 is 5.65 Å². The number of hydrogen-bond acceptors (Lipinski definition) is 2. The highest BCUT2D eigenvalue weighted by Gasteiger charge is 2.16. The highest BCUT2D eigenvalue weighted by atomic mass is 19.3. The van der Waals surface area contributed by atoms with Gasteiger partial charge in [0.25, 0.3) is 6.43 Å². The summed E-state index contributed by atoms with van der Waals surface area (Å²) in [6.07, 6.45) is -1.02. The lowest BCUT2D eigenvalue weighted by molar-refractivity contribution is 0.139. The Bertz CT molecular complexity index is 477. The molecule has 0 saturated heterocycles. The van der Waals surface area contributed by atoms with Gasteiger partial charge in [0.05, 0.1) is 0 Å². The number of aryl methyl sites for hydroxylation is 2. The predicted molar refractivity (Wildman–Crippen MR) is 58.8 cm³/mol. The van der Waals surface area contributed by atoms with Gasteiger partial charge >= 0.3 is 0 Å². The average Bonchev–Trinajstić information content (AvgIpc) is 2.71. The molecule has 0 aliphatic rings. The van der Waals surface area contributed by atoms with E-state index in [2.05, 4.69) is 10.2 Å². The maximum Gasteiger partial charge on any atom is 0.297 e. The molecule has 0 atom stereocenters. The van der Waals surface area contributed by atoms with Gasteiger partial charge in [-0.3, -0.25) is 4.40 Å². The number of rotatable bonds is 1. The number of nitrogens with zero attached hydrogens (tertiary/aromatic N) is 3. The minimum Gasteiger partial charge on any atom is -0.281 e. The van der Waals surface area contributed by atoms with Crippen LogP contribution in [0.1, 0.15) is 37.2 Å². The van der Waals surface area contributed by atoms with Crippen LogP contribution < -0.4 is 0 Å². The van der Waals surface area contributed by atoms with Crippen LogP contribution in [0.25, 0.3) is 5.65 Å². The van der Waals surface area contributed by atoms with Crippen molar-refractivity contribution in [3.63, 3.8) is 0 Å². The van der Waals surface area contributed by atoms with Crippen molar-refractivity contribution in [2.75, 3.05) is 0 Å². The third kappa shape index (κ3) is 2.03. The Morgan fingerprint density at radius 1 is 1.19 bits per heavy atom. The van der Waals surface area contributed by atoms with Gasteiger partial charge in [-0.05, 0) is 31.0 Å². The molecule has 2 heterocycles. The van der Waals surface area contributed by atoms with Crippen molar-refractivity contribution in [3.05, 3.63) is 29.2 Å². The molecule has 88 valence electrons. The molecular weight excluding hydrogens is 212 g/mol. The summed E-state index contributed by atoms with van der Waals surface area (Å²) in [5.41, 5.74) is 2.40. The minimum atomic E-state index is -2.59. The van der Waals surface area contributed by atoms with E-state index in [-0.39, 0.29) is 5.82 Å². The molecule has 0 aliphatic heterocycles. The predicted octanol–water partition coefficient (Wildman–Crippen LogP) is 3.31. The Kier molecular flexibility index (Phi) is 3.93. The summed E-state index contributed by atoms with van der Waals surface area (Å²) in [5.74, 6) is -0.303. The summed E-state index contributed by atoms with van der Waals surface area (Å²) < 4.78 is 26.2. The molecule has 0 amide bonds. The zero-order valence-electron chi connectivity index (χ0n) is 9.83. The fraction of sp³-hybridized carbons (Fsp3) is 0.455. The molecule has 16 heavy (non-hydrogen) atoms. The van der Waals surface area contributed by atoms with E-state index in [1.54, 1.807) is 12.3 Å². The van der Waals surface area contributed by atoms with Crippen LogP contribution in [0.2, 0.25) is 0 Å². The summed E-state index contributed by atoms with van der Waals surface area (Å²) in [6, 6.07) is 1.78. The molecular formula is C11H15F2N3. The van der Waals surface area contributed by atoms with Gasteiger partial charge in [0.15, 0.2) is 5.65 Å². The van der Waals surface area contributed by atoms with Crippen molar-refractivity contribution in [3.8, 4) is 0 Å². The van der Waals surface area contributed by atoms with Gasteiger partial charge in [-0.15, -0.1) is 10.2 Å². The van der Waals surface area contributed by atoms with Crippen molar-refractivity contribution in [2.45, 2.75) is 34.1 Å². The fourth-order valence-corrected chi connectivity index (χ4v) is 1.34. The lowest BCUT2D eigenvalue weighted by Crippen LogP contribution is -1.96. The maximum atomic E-state index is 12.4. The minimum absolute atomic E-state index is 0.303. The number of pyridine rings is 1. The number of hydrogen-bond donors (Lipinski definition) is 0. The van der Waals surface area contributed by atoms with Gasteiger partial charge < -0.3 is 0 Å². The van der Waals surface area contributed by atoms with E-state index in [0.29, 0.717) is 5.65 Å². The van der Waals surface area contributed by atoms with Crippen molar-refractivity contribution in [2.24, 2.45) is 0 Å². The quantitative estimate of drug-likeness (QED) is 0.748. The Hall–Kier alpha value is -1.52. The zero-order chi connectivity index (χ0) is 12.3. The molecule has 0 bridgehead atoms. The third-order valence-electron chi connectivity index (χ3n) is 2.32. The SMILES string of the molecule is CC.Cc1ccn2c(C(F)F)nnc2c1C. The molecule has 2 aromatic heterocycles. The fourth-order valence-electron chi connectivity index (χ4n) is 1.34. The van der Waals surface area contributed by atoms with E-state index in [1.807, 2.05) is 27.7 Å². The molecule has 0 unspecified atom stereocenters. The van der Waals surface area contributed by atoms with E-state index >= 15 is 0 Å². The lowest BCUT2D eigenvalue weighted by atomic mass is 10.2. The number of halogens is 2. The summed E-state index contributed by atoms with van der Waals surface area (Å²) in [4.78, 5) is 0. The lowest BCUT2D eigenvalue weighted by Gasteiger charge is -2.02. The molecule has 2 rings (SSSR count). The molecule has 0 aliphatic carbocycles. The molecule has 0 spiro atoms. The van der Waals surface area contributed by atoms with Crippen LogP contribution in [0.4, 0.5) is 8.78 Å². The summed E-state index contributed by atoms with van der Waals surface area (Å²) in [7, 11) is 0. The van der Waals surface area contributed by atoms with Crippen LogP contribution >= 0.6 is 0 Å². The summed E-state index contributed by atoms with van der Waals surface area (Å²) >= 11 is 0. The van der Waals surface area contributed by atoms with E-state index < -0.39 is 6.43 Å². The average molecular weight is 227 g/mol. The van der Waals surface area contributed by atoms with E-state index in [9.17, 15) is 8.78 Å². The van der Waals surface area contributed by atoms with Crippen LogP contribution in [0.3, 0.4) is 0 Å². The first kappa shape index (κ1) is 12.5. The monoisotopic (exact) mass is 227 g/mol. The van der Waals surface area contributed by atoms with Gasteiger partial charge in [0.2, 0.25) is 5.82 Å². The van der Waals surface area contributed by atoms with E-state index in [4.69, 9.17) is 0 Å². The highest BCUT2D eigenvalue weighted by Crippen LogP contribution is 2.20. The highest BCUT2D eigenvalue weighted by molar-refractivity contribution is 5.50. The Morgan fingerprint density at radius 2 is 1.81 bits per heavy atom. The Labute approximate surface area is 93.1 Å².